The monoisotopic (exact) mass is 666 g/mol. The number of aromatic nitrogens is 1. The second-order valence-electron chi connectivity index (χ2n) is 13.5. The van der Waals surface area contributed by atoms with Gasteiger partial charge in [0.15, 0.2) is 6.10 Å². The van der Waals surface area contributed by atoms with Crippen LogP contribution >= 0.6 is 0 Å². The van der Waals surface area contributed by atoms with Crippen LogP contribution in [0.25, 0.3) is 22.2 Å². The lowest BCUT2D eigenvalue weighted by Gasteiger charge is -2.48. The smallest absolute Gasteiger partial charge is 0.303 e. The Balaban J connectivity index is 1.45. The van der Waals surface area contributed by atoms with Gasteiger partial charge in [-0.15, -0.1) is 0 Å². The van der Waals surface area contributed by atoms with Gasteiger partial charge in [-0.1, -0.05) is 25.3 Å². The lowest BCUT2D eigenvalue weighted by Crippen LogP contribution is -2.65. The number of amides is 2. The van der Waals surface area contributed by atoms with Crippen LogP contribution in [0.3, 0.4) is 0 Å². The summed E-state index contributed by atoms with van der Waals surface area (Å²) < 4.78 is 41.9. The molecule has 1 aromatic heterocycles. The summed E-state index contributed by atoms with van der Waals surface area (Å²) in [5.74, 6) is -0.0304. The van der Waals surface area contributed by atoms with Gasteiger partial charge >= 0.3 is 10.2 Å². The molecule has 3 aromatic rings. The van der Waals surface area contributed by atoms with Crippen molar-refractivity contribution in [2.45, 2.75) is 82.3 Å². The molecule has 4 atom stereocenters. The second-order valence-corrected chi connectivity index (χ2v) is 15.4. The van der Waals surface area contributed by atoms with Crippen molar-refractivity contribution in [3.63, 3.8) is 0 Å². The summed E-state index contributed by atoms with van der Waals surface area (Å²) in [6.45, 7) is 4.88. The molecule has 13 heteroatoms. The highest BCUT2D eigenvalue weighted by Gasteiger charge is 2.62. The molecule has 47 heavy (non-hydrogen) atoms. The molecule has 0 radical (unpaired) electrons. The van der Waals surface area contributed by atoms with Gasteiger partial charge in [0.1, 0.15) is 5.75 Å². The minimum Gasteiger partial charge on any atom is -0.497 e. The standard InChI is InChI=1S/C34H42N4O8S/c1-20-17-37(18-21(2)44-20)33(40)34-19-38-28-15-23(32(39)35-47(41,42)36(3)4)11-13-26(28)29(22-9-7-6-8-10-22)30(38)25-14-12-24(43-5)16-27(25)31(34)45-46-34/h11-16,20-22,31H,6-10,17-19H2,1-5H3,(H,35,39)/t20-,21+,31-,34+/m0/s1. The number of carbonyl (C=O) groups is 2. The first-order chi connectivity index (χ1) is 22.4. The van der Waals surface area contributed by atoms with Crippen LogP contribution in [-0.4, -0.2) is 86.1 Å². The molecule has 7 rings (SSSR count). The number of morpholine rings is 1. The fourth-order valence-corrected chi connectivity index (χ4v) is 8.37. The maximum Gasteiger partial charge on any atom is 0.303 e. The number of nitrogens with zero attached hydrogens (tertiary/aromatic N) is 3. The van der Waals surface area contributed by atoms with E-state index in [0.29, 0.717) is 18.8 Å². The Morgan fingerprint density at radius 3 is 2.38 bits per heavy atom. The maximum absolute atomic E-state index is 14.7. The van der Waals surface area contributed by atoms with Gasteiger partial charge < -0.3 is 18.9 Å². The van der Waals surface area contributed by atoms with E-state index in [1.54, 1.807) is 24.1 Å². The van der Waals surface area contributed by atoms with Crippen LogP contribution in [-0.2, 0) is 36.1 Å². The highest BCUT2D eigenvalue weighted by Crippen LogP contribution is 2.55. The number of benzene rings is 2. The van der Waals surface area contributed by atoms with Crippen molar-refractivity contribution in [1.29, 1.82) is 0 Å². The van der Waals surface area contributed by atoms with Crippen LogP contribution < -0.4 is 9.46 Å². The molecule has 2 aromatic carbocycles. The second kappa shape index (κ2) is 11.9. The Bertz CT molecular complexity index is 1840. The molecule has 2 saturated heterocycles. The summed E-state index contributed by atoms with van der Waals surface area (Å²) >= 11 is 0. The molecule has 0 unspecified atom stereocenters. The van der Waals surface area contributed by atoms with Gasteiger partial charge in [-0.3, -0.25) is 9.59 Å². The van der Waals surface area contributed by atoms with Gasteiger partial charge in [0, 0.05) is 54.8 Å². The van der Waals surface area contributed by atoms with E-state index >= 15 is 0 Å². The van der Waals surface area contributed by atoms with E-state index in [4.69, 9.17) is 19.2 Å². The molecule has 4 aliphatic rings. The van der Waals surface area contributed by atoms with Gasteiger partial charge in [-0.2, -0.15) is 12.7 Å². The number of rotatable bonds is 6. The highest BCUT2D eigenvalue weighted by molar-refractivity contribution is 7.87. The Labute approximate surface area is 275 Å². The molecule has 0 spiro atoms. The summed E-state index contributed by atoms with van der Waals surface area (Å²) in [6.07, 6.45) is 4.45. The first-order valence-electron chi connectivity index (χ1n) is 16.3. The predicted octanol–water partition coefficient (Wildman–Crippen LogP) is 4.29. The van der Waals surface area contributed by atoms with E-state index < -0.39 is 27.8 Å². The summed E-state index contributed by atoms with van der Waals surface area (Å²) in [5, 5.41) is 0.968. The molecule has 252 valence electrons. The number of nitrogens with one attached hydrogen (secondary N) is 1. The highest BCUT2D eigenvalue weighted by atomic mass is 32.2. The molecule has 1 saturated carbocycles. The van der Waals surface area contributed by atoms with E-state index in [2.05, 4.69) is 9.29 Å². The Morgan fingerprint density at radius 1 is 1.02 bits per heavy atom. The van der Waals surface area contributed by atoms with Crippen LogP contribution in [0.5, 0.6) is 5.75 Å². The predicted molar refractivity (Wildman–Crippen MR) is 174 cm³/mol. The normalized spacial score (nSPS) is 26.2. The zero-order valence-corrected chi connectivity index (χ0v) is 28.3. The van der Waals surface area contributed by atoms with E-state index in [-0.39, 0.29) is 36.1 Å². The minimum atomic E-state index is -4.01. The average Bonchev–Trinajstić information content (AvgIpc) is 3.31. The molecule has 12 nitrogen and oxygen atoms in total. The summed E-state index contributed by atoms with van der Waals surface area (Å²) in [6, 6.07) is 11.2. The zero-order chi connectivity index (χ0) is 33.2. The molecule has 4 heterocycles. The summed E-state index contributed by atoms with van der Waals surface area (Å²) in [5.41, 5.74) is 3.35. The van der Waals surface area contributed by atoms with Crippen LogP contribution in [0, 0.1) is 0 Å². The van der Waals surface area contributed by atoms with Crippen molar-refractivity contribution in [2.75, 3.05) is 34.3 Å². The molecular weight excluding hydrogens is 624 g/mol. The molecular formula is C34H42N4O8S. The molecule has 3 fully saturated rings. The zero-order valence-electron chi connectivity index (χ0n) is 27.4. The van der Waals surface area contributed by atoms with Crippen LogP contribution in [0.15, 0.2) is 36.4 Å². The van der Waals surface area contributed by atoms with E-state index in [1.165, 1.54) is 20.5 Å². The third kappa shape index (κ3) is 5.32. The molecule has 3 aliphatic heterocycles. The Hall–Kier alpha value is -3.49. The van der Waals surface area contributed by atoms with Gasteiger partial charge in [0.2, 0.25) is 5.60 Å². The van der Waals surface area contributed by atoms with Crippen LogP contribution in [0.4, 0.5) is 0 Å². The first-order valence-corrected chi connectivity index (χ1v) is 17.8. The number of carbonyl (C=O) groups excluding carboxylic acids is 2. The van der Waals surface area contributed by atoms with Gasteiger partial charge in [-0.05, 0) is 68.5 Å². The minimum absolute atomic E-state index is 0.132. The number of ether oxygens (including phenoxy) is 2. The van der Waals surface area contributed by atoms with E-state index in [0.717, 1.165) is 63.3 Å². The quantitative estimate of drug-likeness (QED) is 0.386. The summed E-state index contributed by atoms with van der Waals surface area (Å²) in [4.78, 5) is 41.7. The van der Waals surface area contributed by atoms with Crippen molar-refractivity contribution < 1.29 is 37.3 Å². The van der Waals surface area contributed by atoms with Gasteiger partial charge in [0.25, 0.3) is 11.8 Å². The van der Waals surface area contributed by atoms with Crippen molar-refractivity contribution in [1.82, 2.24) is 18.5 Å². The van der Waals surface area contributed by atoms with E-state index in [9.17, 15) is 18.0 Å². The van der Waals surface area contributed by atoms with Gasteiger partial charge in [0.05, 0.1) is 31.6 Å². The lowest BCUT2D eigenvalue weighted by atomic mass is 9.80. The SMILES string of the molecule is COc1ccc2c(c1)[C@@H]1OO[C@]1(C(=O)N1C[C@@H](C)O[C@@H](C)C1)Cn1c-2c(C2CCCCC2)c2ccc(C(=O)NS(=O)(=O)N(C)C)cc21. The van der Waals surface area contributed by atoms with Crippen molar-refractivity contribution in [3.05, 3.63) is 53.1 Å². The van der Waals surface area contributed by atoms with Gasteiger partial charge in [-0.25, -0.2) is 14.5 Å². The Kier molecular flexibility index (Phi) is 8.11. The number of hydrogen-bond donors (Lipinski definition) is 1. The molecule has 2 amide bonds. The van der Waals surface area contributed by atoms with Crippen LogP contribution in [0.2, 0.25) is 0 Å². The van der Waals surface area contributed by atoms with Crippen LogP contribution in [0.1, 0.15) is 79.5 Å². The fourth-order valence-electron chi connectivity index (χ4n) is 7.83. The number of fused-ring (bicyclic) bond motifs is 7. The van der Waals surface area contributed by atoms with Crippen molar-refractivity contribution in [3.8, 4) is 17.0 Å². The molecule has 0 bridgehead atoms. The number of methoxy groups -OCH3 is 1. The third-order valence-corrected chi connectivity index (χ3v) is 11.5. The Morgan fingerprint density at radius 2 is 1.74 bits per heavy atom. The first kappa shape index (κ1) is 32.1. The third-order valence-electron chi connectivity index (χ3n) is 10.1. The van der Waals surface area contributed by atoms with E-state index in [1.807, 2.05) is 38.1 Å². The largest absolute Gasteiger partial charge is 0.497 e. The van der Waals surface area contributed by atoms with Crippen molar-refractivity contribution in [2.24, 2.45) is 0 Å². The molecule has 1 aliphatic carbocycles. The summed E-state index contributed by atoms with van der Waals surface area (Å²) in [7, 11) is 0.317. The lowest BCUT2D eigenvalue weighted by molar-refractivity contribution is -0.503. The topological polar surface area (TPSA) is 129 Å². The number of hydrogen-bond acceptors (Lipinski definition) is 8. The fraction of sp³-hybridized carbons (Fsp3) is 0.529. The molecule has 1 N–H and O–H groups in total. The maximum atomic E-state index is 14.7. The van der Waals surface area contributed by atoms with Crippen molar-refractivity contribution >= 4 is 32.9 Å². The average molecular weight is 667 g/mol.